The van der Waals surface area contributed by atoms with Crippen LogP contribution in [0.4, 0.5) is 5.69 Å². The number of benzene rings is 1. The zero-order chi connectivity index (χ0) is 16.4. The molecule has 1 aromatic carbocycles. The number of anilines is 1. The quantitative estimate of drug-likeness (QED) is 0.882. The van der Waals surface area contributed by atoms with Gasteiger partial charge in [0.05, 0.1) is 12.7 Å². The lowest BCUT2D eigenvalue weighted by Gasteiger charge is -2.40. The summed E-state index contributed by atoms with van der Waals surface area (Å²) in [6, 6.07) is 10.0. The van der Waals surface area contributed by atoms with Gasteiger partial charge in [-0.2, -0.15) is 0 Å². The monoisotopic (exact) mass is 311 g/mol. The minimum absolute atomic E-state index is 0.0316. The first-order valence-electron chi connectivity index (χ1n) is 7.73. The zero-order valence-corrected chi connectivity index (χ0v) is 13.6. The molecule has 0 amide bonds. The minimum atomic E-state index is -0.321. The third-order valence-corrected chi connectivity index (χ3v) is 4.17. The molecular formula is C18H21N3O2. The van der Waals surface area contributed by atoms with E-state index in [2.05, 4.69) is 35.1 Å². The molecule has 1 unspecified atom stereocenters. The van der Waals surface area contributed by atoms with Gasteiger partial charge in [0.25, 0.3) is 0 Å². The minimum Gasteiger partial charge on any atom is -0.465 e. The molecule has 0 aliphatic carbocycles. The number of nitrogens with one attached hydrogen (secondary N) is 1. The Kier molecular flexibility index (Phi) is 4.30. The van der Waals surface area contributed by atoms with E-state index in [0.717, 1.165) is 17.8 Å². The lowest BCUT2D eigenvalue weighted by atomic mass is 10.0. The summed E-state index contributed by atoms with van der Waals surface area (Å²) in [4.78, 5) is 18.4. The number of esters is 1. The molecule has 0 radical (unpaired) electrons. The fourth-order valence-electron chi connectivity index (χ4n) is 2.90. The van der Waals surface area contributed by atoms with E-state index in [4.69, 9.17) is 4.74 Å². The number of nitrogens with zero attached hydrogens (tertiary/aromatic N) is 2. The molecule has 23 heavy (non-hydrogen) atoms. The van der Waals surface area contributed by atoms with Crippen molar-refractivity contribution in [2.45, 2.75) is 32.6 Å². The van der Waals surface area contributed by atoms with Crippen LogP contribution in [0, 0.1) is 0 Å². The summed E-state index contributed by atoms with van der Waals surface area (Å²) in [5.41, 5.74) is 3.81. The Bertz CT molecular complexity index is 701. The maximum absolute atomic E-state index is 11.8. The van der Waals surface area contributed by atoms with Crippen molar-refractivity contribution in [3.05, 3.63) is 59.4 Å². The van der Waals surface area contributed by atoms with E-state index in [1.165, 1.54) is 12.7 Å². The van der Waals surface area contributed by atoms with E-state index in [1.54, 1.807) is 6.20 Å². The number of carbonyl (C=O) groups excluding carboxylic acids is 1. The van der Waals surface area contributed by atoms with Crippen molar-refractivity contribution in [3.63, 3.8) is 0 Å². The molecule has 0 bridgehead atoms. The number of methoxy groups -OCH3 is 1. The molecule has 0 spiro atoms. The normalized spacial score (nSPS) is 17.5. The van der Waals surface area contributed by atoms with Crippen molar-refractivity contribution in [1.82, 2.24) is 9.88 Å². The number of hydrogen-bond donors (Lipinski definition) is 1. The van der Waals surface area contributed by atoms with Gasteiger partial charge in [-0.1, -0.05) is 12.1 Å². The van der Waals surface area contributed by atoms with Gasteiger partial charge in [-0.25, -0.2) is 4.79 Å². The van der Waals surface area contributed by atoms with Gasteiger partial charge < -0.3 is 10.1 Å². The number of pyridine rings is 1. The lowest BCUT2D eigenvalue weighted by Crippen LogP contribution is -2.41. The van der Waals surface area contributed by atoms with Crippen LogP contribution in [0.2, 0.25) is 0 Å². The van der Waals surface area contributed by atoms with E-state index >= 15 is 0 Å². The molecule has 2 aromatic rings. The van der Waals surface area contributed by atoms with Crippen LogP contribution in [0.5, 0.6) is 0 Å². The Balaban J connectivity index is 1.98. The summed E-state index contributed by atoms with van der Waals surface area (Å²) in [5, 5.41) is 3.54. The number of ether oxygens (including phenoxy) is 1. The summed E-state index contributed by atoms with van der Waals surface area (Å²) >= 11 is 0. The van der Waals surface area contributed by atoms with Crippen LogP contribution in [-0.4, -0.2) is 29.0 Å². The highest BCUT2D eigenvalue weighted by Crippen LogP contribution is 2.34. The summed E-state index contributed by atoms with van der Waals surface area (Å²) in [7, 11) is 1.40. The van der Waals surface area contributed by atoms with Crippen LogP contribution in [-0.2, 0) is 11.3 Å². The maximum Gasteiger partial charge on any atom is 0.337 e. The van der Waals surface area contributed by atoms with E-state index in [0.29, 0.717) is 11.6 Å². The summed E-state index contributed by atoms with van der Waals surface area (Å²) in [6.45, 7) is 5.18. The fourth-order valence-corrected chi connectivity index (χ4v) is 2.90. The molecule has 120 valence electrons. The second-order valence-electron chi connectivity index (χ2n) is 5.96. The van der Waals surface area contributed by atoms with Gasteiger partial charge in [0, 0.05) is 36.2 Å². The molecule has 1 N–H and O–H groups in total. The number of carbonyl (C=O) groups is 1. The van der Waals surface area contributed by atoms with E-state index in [9.17, 15) is 4.79 Å². The van der Waals surface area contributed by atoms with Crippen molar-refractivity contribution in [2.75, 3.05) is 12.4 Å². The summed E-state index contributed by atoms with van der Waals surface area (Å²) in [6.07, 6.45) is 3.68. The zero-order valence-electron chi connectivity index (χ0n) is 13.6. The van der Waals surface area contributed by atoms with Gasteiger partial charge >= 0.3 is 5.97 Å². The molecule has 0 saturated carbocycles. The summed E-state index contributed by atoms with van der Waals surface area (Å²) < 4.78 is 4.81. The van der Waals surface area contributed by atoms with Crippen LogP contribution >= 0.6 is 0 Å². The first-order chi connectivity index (χ1) is 11.1. The Morgan fingerprint density at radius 3 is 2.87 bits per heavy atom. The highest BCUT2D eigenvalue weighted by atomic mass is 16.5. The maximum atomic E-state index is 11.8. The largest absolute Gasteiger partial charge is 0.465 e. The molecule has 1 aliphatic rings. The van der Waals surface area contributed by atoms with Crippen LogP contribution in [0.25, 0.3) is 0 Å². The molecule has 0 saturated heterocycles. The van der Waals surface area contributed by atoms with Gasteiger partial charge in [-0.05, 0) is 37.6 Å². The molecule has 1 atom stereocenters. The lowest BCUT2D eigenvalue weighted by molar-refractivity contribution is 0.0600. The van der Waals surface area contributed by atoms with Gasteiger partial charge in [0.1, 0.15) is 6.17 Å². The Hall–Kier alpha value is -2.40. The average molecular weight is 311 g/mol. The molecule has 5 nitrogen and oxygen atoms in total. The van der Waals surface area contributed by atoms with E-state index < -0.39 is 0 Å². The predicted molar refractivity (Wildman–Crippen MR) is 89.1 cm³/mol. The standard InChI is InChI=1S/C18H21N3O2/c1-12(2)21-11-15-7-6-13(18(22)23-3)9-16(15)20-17(21)14-5-4-8-19-10-14/h4-10,12,17,20H,11H2,1-3H3. The smallest absolute Gasteiger partial charge is 0.337 e. The molecule has 1 aliphatic heterocycles. The molecule has 2 heterocycles. The topological polar surface area (TPSA) is 54.5 Å². The summed E-state index contributed by atoms with van der Waals surface area (Å²) in [5.74, 6) is -0.321. The SMILES string of the molecule is COC(=O)c1ccc2c(c1)NC(c1cccnc1)N(C(C)C)C2. The van der Waals surface area contributed by atoms with Gasteiger partial charge in [-0.3, -0.25) is 9.88 Å². The fraction of sp³-hybridized carbons (Fsp3) is 0.333. The molecule has 0 fully saturated rings. The second-order valence-corrected chi connectivity index (χ2v) is 5.96. The third kappa shape index (κ3) is 3.05. The van der Waals surface area contributed by atoms with Crippen LogP contribution < -0.4 is 5.32 Å². The molecule has 3 rings (SSSR count). The highest BCUT2D eigenvalue weighted by Gasteiger charge is 2.29. The third-order valence-electron chi connectivity index (χ3n) is 4.17. The first-order valence-corrected chi connectivity index (χ1v) is 7.73. The Morgan fingerprint density at radius 2 is 2.22 bits per heavy atom. The number of fused-ring (bicyclic) bond motifs is 1. The van der Waals surface area contributed by atoms with Crippen molar-refractivity contribution >= 4 is 11.7 Å². The van der Waals surface area contributed by atoms with E-state index in [1.807, 2.05) is 30.5 Å². The van der Waals surface area contributed by atoms with Crippen LogP contribution in [0.15, 0.2) is 42.7 Å². The van der Waals surface area contributed by atoms with Crippen molar-refractivity contribution < 1.29 is 9.53 Å². The average Bonchev–Trinajstić information content (AvgIpc) is 2.60. The van der Waals surface area contributed by atoms with Crippen molar-refractivity contribution in [2.24, 2.45) is 0 Å². The van der Waals surface area contributed by atoms with Gasteiger partial charge in [0.2, 0.25) is 0 Å². The van der Waals surface area contributed by atoms with Crippen LogP contribution in [0.1, 0.15) is 41.5 Å². The Labute approximate surface area is 136 Å². The highest BCUT2D eigenvalue weighted by molar-refractivity contribution is 5.90. The van der Waals surface area contributed by atoms with Gasteiger partial charge in [0.15, 0.2) is 0 Å². The number of hydrogen-bond acceptors (Lipinski definition) is 5. The van der Waals surface area contributed by atoms with Crippen molar-refractivity contribution in [1.29, 1.82) is 0 Å². The number of rotatable bonds is 3. The van der Waals surface area contributed by atoms with Crippen LogP contribution in [0.3, 0.4) is 0 Å². The molecule has 5 heteroatoms. The van der Waals surface area contributed by atoms with Gasteiger partial charge in [-0.15, -0.1) is 0 Å². The predicted octanol–water partition coefficient (Wildman–Crippen LogP) is 3.20. The second kappa shape index (κ2) is 6.38. The van der Waals surface area contributed by atoms with Crippen molar-refractivity contribution in [3.8, 4) is 0 Å². The van der Waals surface area contributed by atoms with E-state index in [-0.39, 0.29) is 12.1 Å². The molecular weight excluding hydrogens is 290 g/mol. The Morgan fingerprint density at radius 1 is 1.39 bits per heavy atom. The molecule has 1 aromatic heterocycles. The number of aromatic nitrogens is 1. The first kappa shape index (κ1) is 15.5.